The molecule has 0 radical (unpaired) electrons. The first-order chi connectivity index (χ1) is 9.06. The van der Waals surface area contributed by atoms with Crippen molar-refractivity contribution >= 4 is 29.2 Å². The number of amides is 2. The Morgan fingerprint density at radius 1 is 1.42 bits per heavy atom. The van der Waals surface area contributed by atoms with Gasteiger partial charge in [0, 0.05) is 6.54 Å². The van der Waals surface area contributed by atoms with E-state index in [0.29, 0.717) is 11.3 Å². The second kappa shape index (κ2) is 6.34. The highest BCUT2D eigenvalue weighted by atomic mass is 16.5. The maximum absolute atomic E-state index is 11.9. The average Bonchev–Trinajstić information content (AvgIpc) is 2.40. The lowest BCUT2D eigenvalue weighted by Gasteiger charge is -2.19. The first-order valence-corrected chi connectivity index (χ1v) is 5.53. The third-order valence-electron chi connectivity index (χ3n) is 2.42. The fourth-order valence-electron chi connectivity index (χ4n) is 1.55. The van der Waals surface area contributed by atoms with Crippen molar-refractivity contribution in [1.82, 2.24) is 4.90 Å². The third-order valence-corrected chi connectivity index (χ3v) is 2.42. The van der Waals surface area contributed by atoms with Gasteiger partial charge in [0.25, 0.3) is 0 Å². The molecule has 9 nitrogen and oxygen atoms in total. The molecule has 1 heterocycles. The van der Waals surface area contributed by atoms with Gasteiger partial charge in [0.1, 0.15) is 0 Å². The number of piperidine rings is 1. The zero-order chi connectivity index (χ0) is 14.4. The molecule has 9 heteroatoms. The van der Waals surface area contributed by atoms with Crippen molar-refractivity contribution in [2.24, 2.45) is 0 Å². The van der Waals surface area contributed by atoms with E-state index in [9.17, 15) is 14.4 Å². The molecule has 1 rings (SSSR count). The van der Waals surface area contributed by atoms with Gasteiger partial charge in [-0.15, -0.1) is 0 Å². The van der Waals surface area contributed by atoms with Crippen LogP contribution in [0.3, 0.4) is 0 Å². The largest absolute Gasteiger partial charge is 0.463 e. The van der Waals surface area contributed by atoms with Crippen molar-refractivity contribution in [3.8, 4) is 0 Å². The molecule has 100 valence electrons. The second-order valence-corrected chi connectivity index (χ2v) is 3.58. The van der Waals surface area contributed by atoms with Crippen LogP contribution in [0.4, 0.5) is 0 Å². The topological polar surface area (TPSA) is 136 Å². The van der Waals surface area contributed by atoms with Crippen LogP contribution in [0.5, 0.6) is 0 Å². The Kier molecular flexibility index (Phi) is 4.82. The summed E-state index contributed by atoms with van der Waals surface area (Å²) in [4.78, 5) is 41.0. The molecule has 0 aromatic rings. The minimum absolute atomic E-state index is 0.0115. The predicted molar refractivity (Wildman–Crippen MR) is 59.8 cm³/mol. The Morgan fingerprint density at radius 2 is 2.11 bits per heavy atom. The van der Waals surface area contributed by atoms with Gasteiger partial charge in [-0.2, -0.15) is 9.58 Å². The predicted octanol–water partition coefficient (Wildman–Crippen LogP) is -0.960. The summed E-state index contributed by atoms with van der Waals surface area (Å²) in [6, 6.07) is 0. The molecule has 19 heavy (non-hydrogen) atoms. The van der Waals surface area contributed by atoms with Crippen LogP contribution in [-0.2, 0) is 19.1 Å². The van der Waals surface area contributed by atoms with Crippen LogP contribution in [0.1, 0.15) is 19.8 Å². The van der Waals surface area contributed by atoms with Crippen molar-refractivity contribution in [3.63, 3.8) is 0 Å². The van der Waals surface area contributed by atoms with Gasteiger partial charge in [0.15, 0.2) is 0 Å². The van der Waals surface area contributed by atoms with Crippen LogP contribution < -0.4 is 0 Å². The number of ether oxygens (including phenoxy) is 1. The van der Waals surface area contributed by atoms with Gasteiger partial charge in [0.2, 0.25) is 0 Å². The smallest absolute Gasteiger partial charge is 0.457 e. The number of imide groups is 1. The Labute approximate surface area is 108 Å². The molecular formula is C10H11N5O4. The molecule has 1 saturated heterocycles. The third kappa shape index (κ3) is 2.98. The molecule has 0 spiro atoms. The zero-order valence-corrected chi connectivity index (χ0v) is 10.2. The number of rotatable bonds is 3. The first kappa shape index (κ1) is 14.4. The molecule has 1 aliphatic heterocycles. The Hall–Kier alpha value is -2.63. The monoisotopic (exact) mass is 265 g/mol. The Balaban J connectivity index is 2.99. The minimum atomic E-state index is -1.13. The van der Waals surface area contributed by atoms with Crippen LogP contribution in [0.15, 0.2) is 0 Å². The molecule has 0 saturated carbocycles. The van der Waals surface area contributed by atoms with Gasteiger partial charge in [-0.05, 0) is 13.3 Å². The number of hydrogen-bond acceptors (Lipinski definition) is 4. The highest BCUT2D eigenvalue weighted by Gasteiger charge is 2.43. The number of carbonyl (C=O) groups excluding carboxylic acids is 3. The van der Waals surface area contributed by atoms with Gasteiger partial charge >= 0.3 is 29.2 Å². The summed E-state index contributed by atoms with van der Waals surface area (Å²) >= 11 is 0. The molecule has 1 aliphatic rings. The lowest BCUT2D eigenvalue weighted by atomic mass is 10.1. The fourth-order valence-corrected chi connectivity index (χ4v) is 1.55. The van der Waals surface area contributed by atoms with E-state index in [0.717, 1.165) is 0 Å². The molecule has 0 aliphatic carbocycles. The standard InChI is InChI=1S/C10H11N5O4/c1-2-19-10(18)7(14-12)9(17)15-5-3-4-6(13-11)8(15)16/h2-5H2,1H3. The minimum Gasteiger partial charge on any atom is -0.457 e. The maximum atomic E-state index is 11.9. The zero-order valence-electron chi connectivity index (χ0n) is 10.2. The second-order valence-electron chi connectivity index (χ2n) is 3.58. The van der Waals surface area contributed by atoms with E-state index >= 15 is 0 Å². The SMILES string of the molecule is CCOC(=O)C(=[N+]=[N-])C(=O)N1CCCC(=[N+]=[N-])C1=O. The van der Waals surface area contributed by atoms with E-state index in [4.69, 9.17) is 11.1 Å². The Morgan fingerprint density at radius 3 is 2.63 bits per heavy atom. The van der Waals surface area contributed by atoms with E-state index in [-0.39, 0.29) is 25.3 Å². The number of hydrogen-bond donors (Lipinski definition) is 0. The molecule has 0 aromatic carbocycles. The quantitative estimate of drug-likeness (QED) is 0.213. The van der Waals surface area contributed by atoms with E-state index in [2.05, 4.69) is 14.3 Å². The van der Waals surface area contributed by atoms with Gasteiger partial charge < -0.3 is 15.8 Å². The van der Waals surface area contributed by atoms with Crippen molar-refractivity contribution in [2.75, 3.05) is 13.2 Å². The van der Waals surface area contributed by atoms with Crippen LogP contribution in [0, 0.1) is 0 Å². The molecule has 2 amide bonds. The summed E-state index contributed by atoms with van der Waals surface area (Å²) in [7, 11) is 0. The summed E-state index contributed by atoms with van der Waals surface area (Å²) in [5.41, 5.74) is 16.2. The van der Waals surface area contributed by atoms with E-state index in [1.165, 1.54) is 6.92 Å². The van der Waals surface area contributed by atoms with E-state index in [1.807, 2.05) is 0 Å². The summed E-state index contributed by atoms with van der Waals surface area (Å²) in [6.07, 6.45) is 0.614. The number of esters is 1. The van der Waals surface area contributed by atoms with Crippen LogP contribution in [0.25, 0.3) is 11.1 Å². The Bertz CT molecular complexity index is 528. The number of likely N-dealkylation sites (tertiary alicyclic amines) is 1. The van der Waals surface area contributed by atoms with E-state index in [1.54, 1.807) is 0 Å². The average molecular weight is 265 g/mol. The molecule has 0 bridgehead atoms. The molecule has 0 unspecified atom stereocenters. The lowest BCUT2D eigenvalue weighted by Crippen LogP contribution is -2.50. The first-order valence-electron chi connectivity index (χ1n) is 5.53. The van der Waals surface area contributed by atoms with Crippen molar-refractivity contribution in [2.45, 2.75) is 19.8 Å². The maximum Gasteiger partial charge on any atom is 0.463 e. The number of nitrogens with zero attached hydrogens (tertiary/aromatic N) is 5. The highest BCUT2D eigenvalue weighted by Crippen LogP contribution is 2.08. The summed E-state index contributed by atoms with van der Waals surface area (Å²) in [6.45, 7) is 1.54. The van der Waals surface area contributed by atoms with Gasteiger partial charge in [-0.25, -0.2) is 4.79 Å². The molecule has 0 N–H and O–H groups in total. The summed E-state index contributed by atoms with van der Waals surface area (Å²) in [5, 5.41) is 0. The number of carbonyl (C=O) groups is 3. The van der Waals surface area contributed by atoms with Gasteiger partial charge in [0.05, 0.1) is 13.0 Å². The fraction of sp³-hybridized carbons (Fsp3) is 0.500. The summed E-state index contributed by atoms with van der Waals surface area (Å²) in [5.74, 6) is -3.05. The van der Waals surface area contributed by atoms with Crippen LogP contribution in [-0.4, -0.2) is 56.8 Å². The highest BCUT2D eigenvalue weighted by molar-refractivity contribution is 6.64. The molecule has 1 fully saturated rings. The van der Waals surface area contributed by atoms with Crippen LogP contribution in [0.2, 0.25) is 0 Å². The van der Waals surface area contributed by atoms with Crippen molar-refractivity contribution in [1.29, 1.82) is 0 Å². The molecule has 0 aromatic heterocycles. The summed E-state index contributed by atoms with van der Waals surface area (Å²) < 4.78 is 4.53. The molecule has 0 atom stereocenters. The van der Waals surface area contributed by atoms with Crippen LogP contribution >= 0.6 is 0 Å². The van der Waals surface area contributed by atoms with E-state index < -0.39 is 23.5 Å². The lowest BCUT2D eigenvalue weighted by molar-refractivity contribution is -0.147. The molecular weight excluding hydrogens is 254 g/mol. The normalized spacial score (nSPS) is 14.5. The van der Waals surface area contributed by atoms with Gasteiger partial charge in [-0.3, -0.25) is 14.5 Å². The van der Waals surface area contributed by atoms with Gasteiger partial charge in [-0.1, -0.05) is 0 Å². The van der Waals surface area contributed by atoms with Crippen molar-refractivity contribution in [3.05, 3.63) is 11.1 Å². The van der Waals surface area contributed by atoms with Crippen molar-refractivity contribution < 1.29 is 28.7 Å².